The van der Waals surface area contributed by atoms with Crippen LogP contribution in [0.1, 0.15) is 28.4 Å². The average molecular weight is 425 g/mol. The molecular formula is C18H20INO3. The SMILES string of the molecule is CCOc1cc(C(=O)Nc2cc(C)ccc2C)cc(I)c1OC. The molecule has 0 saturated heterocycles. The van der Waals surface area contributed by atoms with Crippen molar-refractivity contribution in [1.82, 2.24) is 0 Å². The first kappa shape index (κ1) is 17.6. The highest BCUT2D eigenvalue weighted by molar-refractivity contribution is 14.1. The predicted molar refractivity (Wildman–Crippen MR) is 101 cm³/mol. The zero-order chi connectivity index (χ0) is 17.0. The highest BCUT2D eigenvalue weighted by atomic mass is 127. The van der Waals surface area contributed by atoms with Crippen LogP contribution >= 0.6 is 22.6 Å². The molecule has 0 fully saturated rings. The summed E-state index contributed by atoms with van der Waals surface area (Å²) in [6.07, 6.45) is 0. The van der Waals surface area contributed by atoms with Crippen molar-refractivity contribution in [2.24, 2.45) is 0 Å². The van der Waals surface area contributed by atoms with Crippen molar-refractivity contribution in [1.29, 1.82) is 0 Å². The summed E-state index contributed by atoms with van der Waals surface area (Å²) in [6.45, 7) is 6.38. The number of halogens is 1. The lowest BCUT2D eigenvalue weighted by molar-refractivity contribution is 0.102. The summed E-state index contributed by atoms with van der Waals surface area (Å²) in [5, 5.41) is 2.96. The van der Waals surface area contributed by atoms with E-state index in [1.807, 2.05) is 39.0 Å². The number of anilines is 1. The van der Waals surface area contributed by atoms with Gasteiger partial charge in [-0.3, -0.25) is 4.79 Å². The number of hydrogen-bond donors (Lipinski definition) is 1. The maximum absolute atomic E-state index is 12.6. The number of nitrogens with one attached hydrogen (secondary N) is 1. The van der Waals surface area contributed by atoms with Gasteiger partial charge in [-0.2, -0.15) is 0 Å². The van der Waals surface area contributed by atoms with Crippen LogP contribution in [-0.2, 0) is 0 Å². The molecule has 0 heterocycles. The van der Waals surface area contributed by atoms with Gasteiger partial charge in [0.05, 0.1) is 17.3 Å². The van der Waals surface area contributed by atoms with Gasteiger partial charge in [-0.05, 0) is 72.7 Å². The van der Waals surface area contributed by atoms with Gasteiger partial charge in [-0.25, -0.2) is 0 Å². The molecule has 122 valence electrons. The molecular weight excluding hydrogens is 405 g/mol. The Bertz CT molecular complexity index is 728. The third-order valence-electron chi connectivity index (χ3n) is 3.42. The van der Waals surface area contributed by atoms with Crippen LogP contribution < -0.4 is 14.8 Å². The van der Waals surface area contributed by atoms with Gasteiger partial charge in [0.25, 0.3) is 5.91 Å². The maximum atomic E-state index is 12.6. The first-order chi connectivity index (χ1) is 11.0. The molecule has 0 bridgehead atoms. The molecule has 1 N–H and O–H groups in total. The van der Waals surface area contributed by atoms with Gasteiger partial charge >= 0.3 is 0 Å². The van der Waals surface area contributed by atoms with Crippen LogP contribution in [0.2, 0.25) is 0 Å². The fourth-order valence-electron chi connectivity index (χ4n) is 2.23. The summed E-state index contributed by atoms with van der Waals surface area (Å²) >= 11 is 2.14. The molecule has 1 amide bonds. The molecule has 2 aromatic rings. The first-order valence-electron chi connectivity index (χ1n) is 7.35. The summed E-state index contributed by atoms with van der Waals surface area (Å²) < 4.78 is 11.8. The Kier molecular flexibility index (Phi) is 5.87. The molecule has 4 nitrogen and oxygen atoms in total. The fraction of sp³-hybridized carbons (Fsp3) is 0.278. The first-order valence-corrected chi connectivity index (χ1v) is 8.43. The fourth-order valence-corrected chi connectivity index (χ4v) is 3.05. The van der Waals surface area contributed by atoms with Gasteiger partial charge in [0.1, 0.15) is 0 Å². The average Bonchev–Trinajstić information content (AvgIpc) is 2.51. The number of aryl methyl sites for hydroxylation is 2. The standard InChI is InChI=1S/C18H20INO3/c1-5-23-16-10-13(9-14(19)17(16)22-4)18(21)20-15-8-11(2)6-7-12(15)3/h6-10H,5H2,1-4H3,(H,20,21). The monoisotopic (exact) mass is 425 g/mol. The molecule has 0 spiro atoms. The molecule has 0 atom stereocenters. The van der Waals surface area contributed by atoms with E-state index >= 15 is 0 Å². The minimum atomic E-state index is -0.166. The number of carbonyl (C=O) groups is 1. The van der Waals surface area contributed by atoms with E-state index in [1.54, 1.807) is 19.2 Å². The predicted octanol–water partition coefficient (Wildman–Crippen LogP) is 4.57. The highest BCUT2D eigenvalue weighted by Gasteiger charge is 2.16. The third kappa shape index (κ3) is 4.16. The highest BCUT2D eigenvalue weighted by Crippen LogP contribution is 2.34. The molecule has 0 unspecified atom stereocenters. The molecule has 0 radical (unpaired) electrons. The van der Waals surface area contributed by atoms with E-state index in [0.717, 1.165) is 20.4 Å². The molecule has 0 aromatic heterocycles. The quantitative estimate of drug-likeness (QED) is 0.715. The summed E-state index contributed by atoms with van der Waals surface area (Å²) in [6, 6.07) is 9.49. The van der Waals surface area contributed by atoms with Crippen molar-refractivity contribution >= 4 is 34.2 Å². The Labute approximate surface area is 150 Å². The van der Waals surface area contributed by atoms with E-state index in [0.29, 0.717) is 23.7 Å². The molecule has 0 saturated carbocycles. The Balaban J connectivity index is 2.34. The Morgan fingerprint density at radius 1 is 1.22 bits per heavy atom. The molecule has 0 aliphatic heterocycles. The number of carbonyl (C=O) groups excluding carboxylic acids is 1. The molecule has 0 aliphatic carbocycles. The minimum absolute atomic E-state index is 0.166. The smallest absolute Gasteiger partial charge is 0.255 e. The molecule has 2 aromatic carbocycles. The molecule has 2 rings (SSSR count). The van der Waals surface area contributed by atoms with Gasteiger partial charge in [-0.15, -0.1) is 0 Å². The van der Waals surface area contributed by atoms with Gasteiger partial charge in [0.2, 0.25) is 0 Å². The number of rotatable bonds is 5. The van der Waals surface area contributed by atoms with E-state index < -0.39 is 0 Å². The van der Waals surface area contributed by atoms with E-state index in [9.17, 15) is 4.79 Å². The van der Waals surface area contributed by atoms with Crippen molar-refractivity contribution < 1.29 is 14.3 Å². The van der Waals surface area contributed by atoms with Crippen LogP contribution in [0.25, 0.3) is 0 Å². The van der Waals surface area contributed by atoms with Crippen LogP contribution in [0.5, 0.6) is 11.5 Å². The van der Waals surface area contributed by atoms with E-state index in [1.165, 1.54) is 0 Å². The summed E-state index contributed by atoms with van der Waals surface area (Å²) in [5.41, 5.74) is 3.49. The van der Waals surface area contributed by atoms with Crippen molar-refractivity contribution in [2.75, 3.05) is 19.0 Å². The lowest BCUT2D eigenvalue weighted by Crippen LogP contribution is -2.14. The zero-order valence-electron chi connectivity index (χ0n) is 13.7. The van der Waals surface area contributed by atoms with Crippen LogP contribution in [0.4, 0.5) is 5.69 Å². The molecule has 0 aliphatic rings. The third-order valence-corrected chi connectivity index (χ3v) is 4.22. The van der Waals surface area contributed by atoms with Crippen LogP contribution in [-0.4, -0.2) is 19.6 Å². The number of hydrogen-bond acceptors (Lipinski definition) is 3. The summed E-state index contributed by atoms with van der Waals surface area (Å²) in [7, 11) is 1.59. The molecule has 5 heteroatoms. The number of amides is 1. The van der Waals surface area contributed by atoms with Crippen LogP contribution in [0.3, 0.4) is 0 Å². The second-order valence-electron chi connectivity index (χ2n) is 5.19. The van der Waals surface area contributed by atoms with Gasteiger partial charge < -0.3 is 14.8 Å². The summed E-state index contributed by atoms with van der Waals surface area (Å²) in [4.78, 5) is 12.6. The van der Waals surface area contributed by atoms with Crippen molar-refractivity contribution in [3.8, 4) is 11.5 Å². The normalized spacial score (nSPS) is 10.3. The van der Waals surface area contributed by atoms with E-state index in [-0.39, 0.29) is 5.91 Å². The lowest BCUT2D eigenvalue weighted by Gasteiger charge is -2.14. The maximum Gasteiger partial charge on any atom is 0.255 e. The number of ether oxygens (including phenoxy) is 2. The van der Waals surface area contributed by atoms with Crippen molar-refractivity contribution in [3.63, 3.8) is 0 Å². The lowest BCUT2D eigenvalue weighted by atomic mass is 10.1. The Hall–Kier alpha value is -1.76. The Morgan fingerprint density at radius 3 is 2.61 bits per heavy atom. The van der Waals surface area contributed by atoms with Crippen molar-refractivity contribution in [2.45, 2.75) is 20.8 Å². The topological polar surface area (TPSA) is 47.6 Å². The van der Waals surface area contributed by atoms with Crippen LogP contribution in [0, 0.1) is 17.4 Å². The summed E-state index contributed by atoms with van der Waals surface area (Å²) in [5.74, 6) is 1.06. The van der Waals surface area contributed by atoms with Crippen molar-refractivity contribution in [3.05, 3.63) is 50.6 Å². The van der Waals surface area contributed by atoms with Gasteiger partial charge in [0.15, 0.2) is 11.5 Å². The number of methoxy groups -OCH3 is 1. The van der Waals surface area contributed by atoms with Gasteiger partial charge in [0, 0.05) is 11.3 Å². The Morgan fingerprint density at radius 2 is 1.96 bits per heavy atom. The van der Waals surface area contributed by atoms with Crippen LogP contribution in [0.15, 0.2) is 30.3 Å². The zero-order valence-corrected chi connectivity index (χ0v) is 15.9. The molecule has 23 heavy (non-hydrogen) atoms. The van der Waals surface area contributed by atoms with E-state index in [4.69, 9.17) is 9.47 Å². The van der Waals surface area contributed by atoms with E-state index in [2.05, 4.69) is 27.9 Å². The second kappa shape index (κ2) is 7.68. The largest absolute Gasteiger partial charge is 0.492 e. The minimum Gasteiger partial charge on any atom is -0.492 e. The van der Waals surface area contributed by atoms with Gasteiger partial charge in [-0.1, -0.05) is 12.1 Å². The second-order valence-corrected chi connectivity index (χ2v) is 6.36. The number of benzene rings is 2.